The van der Waals surface area contributed by atoms with Crippen molar-refractivity contribution in [1.82, 2.24) is 10.2 Å². The highest BCUT2D eigenvalue weighted by Gasteiger charge is 2.19. The van der Waals surface area contributed by atoms with Crippen LogP contribution < -0.4 is 5.32 Å². The zero-order valence-electron chi connectivity index (χ0n) is 15.3. The molecule has 0 amide bonds. The molecule has 0 saturated heterocycles. The molecule has 2 nitrogen and oxygen atoms in total. The molecule has 2 aromatic rings. The van der Waals surface area contributed by atoms with E-state index in [2.05, 4.69) is 58.8 Å². The summed E-state index contributed by atoms with van der Waals surface area (Å²) in [6, 6.07) is 10.2. The normalized spacial score (nSPS) is 14.7. The average Bonchev–Trinajstić information content (AvgIpc) is 2.71. The van der Waals surface area contributed by atoms with Crippen molar-refractivity contribution in [3.8, 4) is 0 Å². The number of likely N-dealkylation sites (N-methyl/N-ethyl adjacent to an activating group) is 1. The van der Waals surface area contributed by atoms with E-state index in [9.17, 15) is 8.78 Å². The molecule has 0 atom stereocenters. The fraction of sp³-hybridized carbons (Fsp3) is 0.238. The Labute approximate surface area is 171 Å². The van der Waals surface area contributed by atoms with Gasteiger partial charge in [-0.05, 0) is 54.9 Å². The summed E-state index contributed by atoms with van der Waals surface area (Å²) in [5, 5.41) is 3.71. The second-order valence-electron chi connectivity index (χ2n) is 6.66. The van der Waals surface area contributed by atoms with E-state index >= 15 is 0 Å². The van der Waals surface area contributed by atoms with Crippen molar-refractivity contribution in [3.63, 3.8) is 0 Å². The van der Waals surface area contributed by atoms with E-state index in [1.165, 1.54) is 41.1 Å². The molecule has 1 N–H and O–H groups in total. The van der Waals surface area contributed by atoms with Gasteiger partial charge in [-0.3, -0.25) is 4.90 Å². The minimum absolute atomic E-state index is 0.0219. The predicted octanol–water partition coefficient (Wildman–Crippen LogP) is 5.90. The van der Waals surface area contributed by atoms with Gasteiger partial charge in [0.05, 0.1) is 5.03 Å². The van der Waals surface area contributed by atoms with Crippen LogP contribution in [0.25, 0.3) is 4.91 Å². The first-order valence-electron chi connectivity index (χ1n) is 8.55. The summed E-state index contributed by atoms with van der Waals surface area (Å²) in [7, 11) is 2.09. The maximum Gasteiger partial charge on any atom is 0.131 e. The fourth-order valence-corrected chi connectivity index (χ4v) is 4.43. The van der Waals surface area contributed by atoms with Crippen molar-refractivity contribution in [2.24, 2.45) is 0 Å². The number of benzene rings is 2. The van der Waals surface area contributed by atoms with Crippen molar-refractivity contribution >= 4 is 32.6 Å². The van der Waals surface area contributed by atoms with Crippen LogP contribution in [0.5, 0.6) is 0 Å². The van der Waals surface area contributed by atoms with Gasteiger partial charge in [-0.1, -0.05) is 46.4 Å². The summed E-state index contributed by atoms with van der Waals surface area (Å²) in [6.45, 7) is 7.93. The van der Waals surface area contributed by atoms with Gasteiger partial charge in [0.25, 0.3) is 0 Å². The van der Waals surface area contributed by atoms with E-state index < -0.39 is 11.6 Å². The molecule has 3 rings (SSSR count). The van der Waals surface area contributed by atoms with E-state index in [1.54, 1.807) is 0 Å². The van der Waals surface area contributed by atoms with Crippen molar-refractivity contribution in [2.75, 3.05) is 13.6 Å². The van der Waals surface area contributed by atoms with Gasteiger partial charge in [-0.15, -0.1) is 0 Å². The highest BCUT2D eigenvalue weighted by molar-refractivity contribution is 9.10. The third kappa shape index (κ3) is 4.81. The Balaban J connectivity index is 1.80. The summed E-state index contributed by atoms with van der Waals surface area (Å²) < 4.78 is 28.7. The van der Waals surface area contributed by atoms with E-state index in [-0.39, 0.29) is 12.1 Å². The Morgan fingerprint density at radius 2 is 1.93 bits per heavy atom. The lowest BCUT2D eigenvalue weighted by molar-refractivity contribution is 0.358. The summed E-state index contributed by atoms with van der Waals surface area (Å²) in [6.07, 6.45) is 0. The third-order valence-electron chi connectivity index (χ3n) is 4.40. The molecular formula is C21H21BrF2N2S. The van der Waals surface area contributed by atoms with Gasteiger partial charge in [-0.2, -0.15) is 0 Å². The summed E-state index contributed by atoms with van der Waals surface area (Å²) >= 11 is 5.06. The largest absolute Gasteiger partial charge is 0.376 e. The Morgan fingerprint density at radius 3 is 2.63 bits per heavy atom. The second kappa shape index (κ2) is 8.59. The summed E-state index contributed by atoms with van der Waals surface area (Å²) in [5.74, 6) is -1.11. The van der Waals surface area contributed by atoms with Gasteiger partial charge in [0.15, 0.2) is 0 Å². The minimum atomic E-state index is -0.555. The van der Waals surface area contributed by atoms with Gasteiger partial charge < -0.3 is 5.32 Å². The first kappa shape index (κ1) is 20.1. The Bertz CT molecular complexity index is 891. The van der Waals surface area contributed by atoms with Crippen LogP contribution in [-0.4, -0.2) is 18.5 Å². The molecule has 0 aliphatic carbocycles. The molecule has 27 heavy (non-hydrogen) atoms. The third-order valence-corrected chi connectivity index (χ3v) is 6.06. The molecule has 0 radical (unpaired) electrons. The smallest absolute Gasteiger partial charge is 0.131 e. The van der Waals surface area contributed by atoms with Crippen molar-refractivity contribution in [3.05, 3.63) is 86.4 Å². The molecule has 1 aliphatic rings. The molecule has 0 spiro atoms. The van der Waals surface area contributed by atoms with Crippen molar-refractivity contribution in [1.29, 1.82) is 0 Å². The van der Waals surface area contributed by atoms with Crippen LogP contribution in [0.3, 0.4) is 0 Å². The number of fused-ring (bicyclic) bond motifs is 1. The van der Waals surface area contributed by atoms with Gasteiger partial charge in [0.1, 0.15) is 11.6 Å². The van der Waals surface area contributed by atoms with E-state index in [0.29, 0.717) is 5.03 Å². The number of hydrogen-bond acceptors (Lipinski definition) is 3. The van der Waals surface area contributed by atoms with Gasteiger partial charge >= 0.3 is 0 Å². The zero-order chi connectivity index (χ0) is 19.6. The van der Waals surface area contributed by atoms with Crippen LogP contribution in [0.1, 0.15) is 23.6 Å². The van der Waals surface area contributed by atoms with Crippen LogP contribution in [0.4, 0.5) is 8.78 Å². The van der Waals surface area contributed by atoms with Crippen molar-refractivity contribution in [2.45, 2.75) is 20.0 Å². The molecule has 0 fully saturated rings. The average molecular weight is 451 g/mol. The first-order chi connectivity index (χ1) is 12.8. The molecule has 0 unspecified atom stereocenters. The highest BCUT2D eigenvalue weighted by Crippen LogP contribution is 2.39. The van der Waals surface area contributed by atoms with Crippen LogP contribution in [-0.2, 0) is 13.1 Å². The lowest BCUT2D eigenvalue weighted by Crippen LogP contribution is -2.18. The molecule has 0 aromatic heterocycles. The number of nitrogens with zero attached hydrogens (tertiary/aromatic N) is 1. The van der Waals surface area contributed by atoms with Gasteiger partial charge in [0, 0.05) is 34.6 Å². The molecular weight excluding hydrogens is 430 g/mol. The molecule has 2 aromatic carbocycles. The summed E-state index contributed by atoms with van der Waals surface area (Å²) in [4.78, 5) is 3.39. The number of rotatable bonds is 5. The molecule has 1 aliphatic heterocycles. The Hall–Kier alpha value is -1.63. The Kier molecular flexibility index (Phi) is 6.40. The highest BCUT2D eigenvalue weighted by atomic mass is 79.9. The lowest BCUT2D eigenvalue weighted by Gasteiger charge is -2.16. The van der Waals surface area contributed by atoms with E-state index in [4.69, 9.17) is 0 Å². The first-order valence-corrected chi connectivity index (χ1v) is 10.2. The number of hydrogen-bond donors (Lipinski definition) is 1. The lowest BCUT2D eigenvalue weighted by atomic mass is 10.1. The summed E-state index contributed by atoms with van der Waals surface area (Å²) in [5.41, 5.74) is 3.66. The second-order valence-corrected chi connectivity index (χ2v) is 8.68. The van der Waals surface area contributed by atoms with Crippen LogP contribution >= 0.6 is 27.7 Å². The predicted molar refractivity (Wildman–Crippen MR) is 113 cm³/mol. The molecule has 142 valence electrons. The maximum absolute atomic E-state index is 13.8. The quantitative estimate of drug-likeness (QED) is 0.610. The number of thioether (sulfide) groups is 1. The topological polar surface area (TPSA) is 15.3 Å². The number of halogens is 3. The monoisotopic (exact) mass is 450 g/mol. The molecule has 1 heterocycles. The minimum Gasteiger partial charge on any atom is -0.376 e. The van der Waals surface area contributed by atoms with Crippen molar-refractivity contribution < 1.29 is 8.78 Å². The van der Waals surface area contributed by atoms with Gasteiger partial charge in [-0.25, -0.2) is 8.78 Å². The zero-order valence-corrected chi connectivity index (χ0v) is 17.7. The van der Waals surface area contributed by atoms with Crippen LogP contribution in [0, 0.1) is 11.6 Å². The SMILES string of the molecule is C=C(NCc1c(F)cccc1F)SC1=C(C)CN(C)Cc2ccc(Br)cc21. The van der Waals surface area contributed by atoms with E-state index in [0.717, 1.165) is 28.0 Å². The molecule has 0 bridgehead atoms. The molecule has 0 saturated carbocycles. The van der Waals surface area contributed by atoms with Crippen LogP contribution in [0.15, 0.2) is 58.1 Å². The number of nitrogens with one attached hydrogen (secondary N) is 1. The standard InChI is InChI=1S/C21H21BrF2N2S/c1-13-11-26(3)12-15-7-8-16(22)9-17(15)21(13)27-14(2)25-10-18-19(23)5-4-6-20(18)24/h4-9,25H,2,10-12H2,1,3H3. The maximum atomic E-state index is 13.8. The molecule has 6 heteroatoms. The fourth-order valence-electron chi connectivity index (χ4n) is 3.14. The Morgan fingerprint density at radius 1 is 1.22 bits per heavy atom. The van der Waals surface area contributed by atoms with Gasteiger partial charge in [0.2, 0.25) is 0 Å². The van der Waals surface area contributed by atoms with Crippen LogP contribution in [0.2, 0.25) is 0 Å². The van der Waals surface area contributed by atoms with E-state index in [1.807, 2.05) is 6.07 Å².